The van der Waals surface area contributed by atoms with Crippen LogP contribution in [0.15, 0.2) is 34.1 Å². The number of phenolic OH excluding ortho intramolecular Hbond substituents is 1. The van der Waals surface area contributed by atoms with Gasteiger partial charge in [0.15, 0.2) is 4.90 Å². The van der Waals surface area contributed by atoms with Gasteiger partial charge >= 0.3 is 12.2 Å². The number of nitrogens with zero attached hydrogens (tertiary/aromatic N) is 3. The van der Waals surface area contributed by atoms with Gasteiger partial charge in [-0.3, -0.25) is 9.11 Å². The van der Waals surface area contributed by atoms with Gasteiger partial charge in [-0.05, 0) is 0 Å². The van der Waals surface area contributed by atoms with Crippen LogP contribution in [-0.2, 0) is 20.2 Å². The Bertz CT molecular complexity index is 1310. The Kier molecular flexibility index (Phi) is 4.62. The number of hydrogen-bond acceptors (Lipinski definition) is 9. The molecule has 0 saturated heterocycles. The van der Waals surface area contributed by atoms with Gasteiger partial charge in [-0.15, -0.1) is 0 Å². The van der Waals surface area contributed by atoms with Gasteiger partial charge in [0, 0.05) is 10.8 Å². The highest BCUT2D eigenvalue weighted by atomic mass is 32.2. The Morgan fingerprint density at radius 1 is 0.821 bits per heavy atom. The van der Waals surface area contributed by atoms with Crippen LogP contribution in [0, 0.1) is 12.2 Å². The van der Waals surface area contributed by atoms with Crippen molar-refractivity contribution in [3.8, 4) is 5.75 Å². The van der Waals surface area contributed by atoms with E-state index in [-0.39, 0.29) is 10.8 Å². The van der Waals surface area contributed by atoms with Gasteiger partial charge in [0.25, 0.3) is 20.2 Å². The molecule has 0 atom stereocenters. The molecular formula is C13H8F2N4O7S2. The van der Waals surface area contributed by atoms with Gasteiger partial charge in [-0.2, -0.15) is 40.6 Å². The first kappa shape index (κ1) is 19.7. The molecule has 0 bridgehead atoms. The summed E-state index contributed by atoms with van der Waals surface area (Å²) in [5, 5.41) is 11.8. The van der Waals surface area contributed by atoms with E-state index in [0.29, 0.717) is 0 Å². The van der Waals surface area contributed by atoms with Crippen LogP contribution in [0.25, 0.3) is 10.8 Å². The maximum absolute atomic E-state index is 13.2. The van der Waals surface area contributed by atoms with Crippen molar-refractivity contribution in [2.45, 2.75) is 9.79 Å². The molecule has 0 aliphatic rings. The molecule has 4 N–H and O–H groups in total. The Morgan fingerprint density at radius 2 is 1.32 bits per heavy atom. The molecule has 15 heteroatoms. The SMILES string of the molecule is O=S(=O)(O)c1c(S(=O)(=O)O)c(Nc2nc(F)nc(F)n2)c2ccccc2c1O. The average Bonchev–Trinajstić information content (AvgIpc) is 2.54. The average molecular weight is 434 g/mol. The summed E-state index contributed by atoms with van der Waals surface area (Å²) in [7, 11) is -10.8. The van der Waals surface area contributed by atoms with E-state index in [1.807, 2.05) is 0 Å². The lowest BCUT2D eigenvalue weighted by Gasteiger charge is -2.17. The molecule has 3 aromatic rings. The highest BCUT2D eigenvalue weighted by Gasteiger charge is 2.34. The first-order valence-corrected chi connectivity index (χ1v) is 9.84. The summed E-state index contributed by atoms with van der Waals surface area (Å²) < 4.78 is 92.5. The summed E-state index contributed by atoms with van der Waals surface area (Å²) >= 11 is 0. The first-order valence-electron chi connectivity index (χ1n) is 6.96. The Labute approximate surface area is 155 Å². The summed E-state index contributed by atoms with van der Waals surface area (Å²) in [5.74, 6) is -2.06. The third-order valence-corrected chi connectivity index (χ3v) is 5.40. The Balaban J connectivity index is 2.51. The van der Waals surface area contributed by atoms with Crippen molar-refractivity contribution < 1.29 is 39.8 Å². The normalized spacial score (nSPS) is 12.3. The summed E-state index contributed by atoms with van der Waals surface area (Å²) in [6.07, 6.45) is -3.16. The van der Waals surface area contributed by atoms with Gasteiger partial charge in [0.05, 0.1) is 5.69 Å². The van der Waals surface area contributed by atoms with Crippen LogP contribution in [0.4, 0.5) is 20.4 Å². The molecule has 3 rings (SSSR count). The third-order valence-electron chi connectivity index (χ3n) is 3.43. The number of aromatic hydroxyl groups is 1. The molecule has 0 radical (unpaired) electrons. The van der Waals surface area contributed by atoms with Crippen LogP contribution in [0.2, 0.25) is 0 Å². The molecule has 2 aromatic carbocycles. The summed E-state index contributed by atoms with van der Waals surface area (Å²) in [6.45, 7) is 0. The molecule has 0 aliphatic heterocycles. The predicted octanol–water partition coefficient (Wildman–Crippen LogP) is 1.25. The molecular weight excluding hydrogens is 426 g/mol. The van der Waals surface area contributed by atoms with Crippen molar-refractivity contribution in [1.82, 2.24) is 15.0 Å². The summed E-state index contributed by atoms with van der Waals surface area (Å²) in [6, 6.07) is 5.04. The van der Waals surface area contributed by atoms with Crippen LogP contribution in [0.3, 0.4) is 0 Å². The number of phenols is 1. The zero-order valence-electron chi connectivity index (χ0n) is 13.2. The number of fused-ring (bicyclic) bond motifs is 1. The van der Waals surface area contributed by atoms with E-state index in [1.54, 1.807) is 0 Å². The van der Waals surface area contributed by atoms with Gasteiger partial charge < -0.3 is 10.4 Å². The summed E-state index contributed by atoms with van der Waals surface area (Å²) in [5.41, 5.74) is -0.770. The predicted molar refractivity (Wildman–Crippen MR) is 88.3 cm³/mol. The van der Waals surface area contributed by atoms with Gasteiger partial charge in [0.1, 0.15) is 10.6 Å². The van der Waals surface area contributed by atoms with Crippen LogP contribution in [-0.4, -0.2) is 46.0 Å². The molecule has 0 fully saturated rings. The van der Waals surface area contributed by atoms with E-state index in [0.717, 1.165) is 6.07 Å². The van der Waals surface area contributed by atoms with Gasteiger partial charge in [-0.1, -0.05) is 24.3 Å². The topological polar surface area (TPSA) is 180 Å². The fraction of sp³-hybridized carbons (Fsp3) is 0. The van der Waals surface area contributed by atoms with E-state index in [2.05, 4.69) is 20.3 Å². The lowest BCUT2D eigenvalue weighted by atomic mass is 10.1. The monoisotopic (exact) mass is 434 g/mol. The van der Waals surface area contributed by atoms with E-state index in [4.69, 9.17) is 0 Å². The number of anilines is 2. The lowest BCUT2D eigenvalue weighted by Crippen LogP contribution is -2.14. The summed E-state index contributed by atoms with van der Waals surface area (Å²) in [4.78, 5) is 5.78. The quantitative estimate of drug-likeness (QED) is 0.343. The number of aromatic nitrogens is 3. The zero-order chi connectivity index (χ0) is 20.9. The van der Waals surface area contributed by atoms with Crippen molar-refractivity contribution in [3.63, 3.8) is 0 Å². The van der Waals surface area contributed by atoms with Crippen molar-refractivity contribution in [2.75, 3.05) is 5.32 Å². The lowest BCUT2D eigenvalue weighted by molar-refractivity contribution is 0.435. The molecule has 11 nitrogen and oxygen atoms in total. The fourth-order valence-corrected chi connectivity index (χ4v) is 4.55. The fourth-order valence-electron chi connectivity index (χ4n) is 2.48. The number of hydrogen-bond donors (Lipinski definition) is 4. The standard InChI is InChI=1S/C13H8F2N4O7S2/c14-11-17-12(15)19-13(18-11)16-7-5-3-1-2-4-6(5)8(20)10(28(24,25)26)9(7)27(21,22)23/h1-4,20H,(H,21,22,23)(H,24,25,26)(H,16,17,18,19). The molecule has 0 unspecified atom stereocenters. The Morgan fingerprint density at radius 3 is 1.82 bits per heavy atom. The molecule has 0 spiro atoms. The van der Waals surface area contributed by atoms with Gasteiger partial charge in [-0.25, -0.2) is 0 Å². The molecule has 148 valence electrons. The van der Waals surface area contributed by atoms with E-state index >= 15 is 0 Å². The molecule has 1 heterocycles. The van der Waals surface area contributed by atoms with E-state index in [1.165, 1.54) is 18.2 Å². The molecule has 0 saturated carbocycles. The second-order valence-corrected chi connectivity index (χ2v) is 7.92. The minimum atomic E-state index is -5.42. The zero-order valence-corrected chi connectivity index (χ0v) is 14.8. The minimum Gasteiger partial charge on any atom is -0.506 e. The molecule has 0 aliphatic carbocycles. The molecule has 1 aromatic heterocycles. The van der Waals surface area contributed by atoms with Crippen LogP contribution in [0.5, 0.6) is 5.75 Å². The third kappa shape index (κ3) is 3.55. The largest absolute Gasteiger partial charge is 0.506 e. The first-order chi connectivity index (χ1) is 12.9. The maximum atomic E-state index is 13.2. The number of rotatable bonds is 4. The second kappa shape index (κ2) is 6.55. The van der Waals surface area contributed by atoms with Crippen LogP contribution in [0.1, 0.15) is 0 Å². The van der Waals surface area contributed by atoms with E-state index < -0.39 is 59.6 Å². The van der Waals surface area contributed by atoms with Crippen molar-refractivity contribution in [1.29, 1.82) is 0 Å². The van der Waals surface area contributed by atoms with Crippen LogP contribution >= 0.6 is 0 Å². The highest BCUT2D eigenvalue weighted by molar-refractivity contribution is 7.89. The maximum Gasteiger partial charge on any atom is 0.315 e. The van der Waals surface area contributed by atoms with Crippen molar-refractivity contribution in [3.05, 3.63) is 36.4 Å². The van der Waals surface area contributed by atoms with Crippen molar-refractivity contribution >= 4 is 42.6 Å². The molecule has 28 heavy (non-hydrogen) atoms. The molecule has 0 amide bonds. The number of halogens is 2. The second-order valence-electron chi connectivity index (χ2n) is 5.20. The smallest absolute Gasteiger partial charge is 0.315 e. The minimum absolute atomic E-state index is 0.207. The number of nitrogens with one attached hydrogen (secondary N) is 1. The van der Waals surface area contributed by atoms with E-state index in [9.17, 15) is 39.8 Å². The van der Waals surface area contributed by atoms with Crippen LogP contribution < -0.4 is 5.32 Å². The van der Waals surface area contributed by atoms with Crippen molar-refractivity contribution in [2.24, 2.45) is 0 Å². The van der Waals surface area contributed by atoms with Gasteiger partial charge in [0.2, 0.25) is 5.95 Å². The highest BCUT2D eigenvalue weighted by Crippen LogP contribution is 2.44. The number of benzene rings is 2. The Hall–Kier alpha value is -3.01.